The minimum Gasteiger partial charge on any atom is -0.376 e. The second-order valence-corrected chi connectivity index (χ2v) is 5.12. The summed E-state index contributed by atoms with van der Waals surface area (Å²) >= 11 is 0. The van der Waals surface area contributed by atoms with Crippen LogP contribution in [0.15, 0.2) is 30.7 Å². The maximum Gasteiger partial charge on any atom is 0.253 e. The van der Waals surface area contributed by atoms with E-state index in [2.05, 4.69) is 10.3 Å². The van der Waals surface area contributed by atoms with Gasteiger partial charge in [0.1, 0.15) is 5.65 Å². The van der Waals surface area contributed by atoms with Gasteiger partial charge in [0.05, 0.1) is 17.7 Å². The maximum absolute atomic E-state index is 12.3. The summed E-state index contributed by atoms with van der Waals surface area (Å²) in [6, 6.07) is 3.78. The summed E-state index contributed by atoms with van der Waals surface area (Å²) in [5.74, 6) is -0.0443. The van der Waals surface area contributed by atoms with Gasteiger partial charge in [-0.3, -0.25) is 4.79 Å². The van der Waals surface area contributed by atoms with Crippen molar-refractivity contribution in [2.45, 2.75) is 38.3 Å². The van der Waals surface area contributed by atoms with Crippen molar-refractivity contribution < 1.29 is 9.53 Å². The number of rotatable bonds is 4. The summed E-state index contributed by atoms with van der Waals surface area (Å²) in [5.41, 5.74) is 1.49. The lowest BCUT2D eigenvalue weighted by atomic mass is 10.2. The van der Waals surface area contributed by atoms with Gasteiger partial charge < -0.3 is 14.5 Å². The average Bonchev–Trinajstić information content (AvgIpc) is 3.07. The third-order valence-corrected chi connectivity index (χ3v) is 3.80. The van der Waals surface area contributed by atoms with Gasteiger partial charge in [-0.2, -0.15) is 0 Å². The van der Waals surface area contributed by atoms with Crippen LogP contribution in [0.2, 0.25) is 0 Å². The molecule has 3 rings (SSSR count). The van der Waals surface area contributed by atoms with Crippen molar-refractivity contribution in [2.24, 2.45) is 0 Å². The predicted octanol–water partition coefficient (Wildman–Crippen LogP) is 2.02. The molecule has 0 saturated heterocycles. The van der Waals surface area contributed by atoms with E-state index in [4.69, 9.17) is 4.74 Å². The van der Waals surface area contributed by atoms with Crippen molar-refractivity contribution in [1.82, 2.24) is 14.7 Å². The molecule has 0 spiro atoms. The molecule has 1 saturated carbocycles. The Bertz CT molecular complexity index is 608. The average molecular weight is 273 g/mol. The van der Waals surface area contributed by atoms with Crippen molar-refractivity contribution >= 4 is 11.6 Å². The maximum atomic E-state index is 12.3. The van der Waals surface area contributed by atoms with Crippen LogP contribution in [-0.4, -0.2) is 34.0 Å². The van der Waals surface area contributed by atoms with Gasteiger partial charge in [-0.15, -0.1) is 0 Å². The van der Waals surface area contributed by atoms with Crippen molar-refractivity contribution in [3.05, 3.63) is 36.3 Å². The van der Waals surface area contributed by atoms with Gasteiger partial charge >= 0.3 is 0 Å². The number of fused-ring (bicyclic) bond motifs is 1. The van der Waals surface area contributed by atoms with Gasteiger partial charge in [0.25, 0.3) is 5.91 Å². The molecule has 5 nitrogen and oxygen atoms in total. The normalized spacial score (nSPS) is 22.2. The molecule has 1 aliphatic carbocycles. The van der Waals surface area contributed by atoms with Crippen molar-refractivity contribution in [3.8, 4) is 0 Å². The van der Waals surface area contributed by atoms with E-state index < -0.39 is 0 Å². The Balaban J connectivity index is 1.72. The lowest BCUT2D eigenvalue weighted by Gasteiger charge is -2.20. The molecule has 2 aromatic heterocycles. The molecular formula is C15H19N3O2. The predicted molar refractivity (Wildman–Crippen MR) is 75.7 cm³/mol. The van der Waals surface area contributed by atoms with E-state index in [-0.39, 0.29) is 18.1 Å². The first-order valence-electron chi connectivity index (χ1n) is 7.13. The number of nitrogens with zero attached hydrogens (tertiary/aromatic N) is 2. The molecule has 1 fully saturated rings. The molecule has 2 heterocycles. The third-order valence-electron chi connectivity index (χ3n) is 3.80. The molecular weight excluding hydrogens is 254 g/mol. The van der Waals surface area contributed by atoms with Crippen molar-refractivity contribution in [1.29, 1.82) is 0 Å². The third kappa shape index (κ3) is 2.54. The number of carbonyl (C=O) groups excluding carboxylic acids is 1. The molecule has 2 aromatic rings. The standard InChI is InChI=1S/C15H19N3O2/c1-2-20-13-5-3-4-12(13)17-15(19)11-6-7-14-16-8-9-18(14)10-11/h6-10,12-13H,2-5H2,1H3,(H,17,19)/t12-,13-/m1/s1. The first-order chi connectivity index (χ1) is 9.78. The monoisotopic (exact) mass is 273 g/mol. The number of hydrogen-bond acceptors (Lipinski definition) is 3. The zero-order valence-electron chi connectivity index (χ0n) is 11.6. The summed E-state index contributed by atoms with van der Waals surface area (Å²) in [4.78, 5) is 16.5. The number of amides is 1. The number of imidazole rings is 1. The molecule has 20 heavy (non-hydrogen) atoms. The summed E-state index contributed by atoms with van der Waals surface area (Å²) in [6.07, 6.45) is 8.65. The van der Waals surface area contributed by atoms with Gasteiger partial charge in [0.2, 0.25) is 0 Å². The molecule has 0 aliphatic heterocycles. The molecule has 1 aliphatic rings. The van der Waals surface area contributed by atoms with Gasteiger partial charge in [0, 0.05) is 25.2 Å². The number of aromatic nitrogens is 2. The first kappa shape index (κ1) is 13.1. The minimum atomic E-state index is -0.0443. The van der Waals surface area contributed by atoms with Crippen LogP contribution >= 0.6 is 0 Å². The Labute approximate surface area is 118 Å². The van der Waals surface area contributed by atoms with Crippen LogP contribution in [0.3, 0.4) is 0 Å². The second-order valence-electron chi connectivity index (χ2n) is 5.12. The summed E-state index contributed by atoms with van der Waals surface area (Å²) in [7, 11) is 0. The van der Waals surface area contributed by atoms with E-state index in [1.54, 1.807) is 6.20 Å². The summed E-state index contributed by atoms with van der Waals surface area (Å²) in [5, 5.41) is 3.09. The molecule has 1 amide bonds. The Morgan fingerprint density at radius 3 is 3.25 bits per heavy atom. The quantitative estimate of drug-likeness (QED) is 0.927. The van der Waals surface area contributed by atoms with Crippen LogP contribution in [0.5, 0.6) is 0 Å². The van der Waals surface area contributed by atoms with Gasteiger partial charge in [-0.1, -0.05) is 0 Å². The van der Waals surface area contributed by atoms with Gasteiger partial charge in [0.15, 0.2) is 0 Å². The Kier molecular flexibility index (Phi) is 3.69. The molecule has 1 N–H and O–H groups in total. The second kappa shape index (κ2) is 5.63. The fourth-order valence-electron chi connectivity index (χ4n) is 2.81. The van der Waals surface area contributed by atoms with Crippen LogP contribution in [0.25, 0.3) is 5.65 Å². The first-order valence-corrected chi connectivity index (χ1v) is 7.13. The summed E-state index contributed by atoms with van der Waals surface area (Å²) in [6.45, 7) is 2.68. The van der Waals surface area contributed by atoms with Crippen LogP contribution in [-0.2, 0) is 4.74 Å². The Hall–Kier alpha value is -1.88. The number of pyridine rings is 1. The lowest BCUT2D eigenvalue weighted by molar-refractivity contribution is 0.0460. The molecule has 0 unspecified atom stereocenters. The molecule has 2 atom stereocenters. The minimum absolute atomic E-state index is 0.0443. The van der Waals surface area contributed by atoms with E-state index in [1.807, 2.05) is 35.9 Å². The van der Waals surface area contributed by atoms with Crippen LogP contribution in [0.1, 0.15) is 36.5 Å². The fourth-order valence-corrected chi connectivity index (χ4v) is 2.81. The van der Waals surface area contributed by atoms with Crippen LogP contribution in [0, 0.1) is 0 Å². The molecule has 5 heteroatoms. The summed E-state index contributed by atoms with van der Waals surface area (Å²) < 4.78 is 7.53. The van der Waals surface area contributed by atoms with E-state index in [0.29, 0.717) is 12.2 Å². The van der Waals surface area contributed by atoms with E-state index in [0.717, 1.165) is 24.9 Å². The van der Waals surface area contributed by atoms with Crippen molar-refractivity contribution in [2.75, 3.05) is 6.61 Å². The highest BCUT2D eigenvalue weighted by molar-refractivity contribution is 5.94. The molecule has 0 bridgehead atoms. The fraction of sp³-hybridized carbons (Fsp3) is 0.467. The molecule has 0 aromatic carbocycles. The lowest BCUT2D eigenvalue weighted by Crippen LogP contribution is -2.41. The Morgan fingerprint density at radius 2 is 2.40 bits per heavy atom. The number of carbonyl (C=O) groups is 1. The highest BCUT2D eigenvalue weighted by Gasteiger charge is 2.29. The zero-order chi connectivity index (χ0) is 13.9. The SMILES string of the molecule is CCO[C@@H]1CCC[C@H]1NC(=O)c1ccc2nccn2c1. The Morgan fingerprint density at radius 1 is 1.50 bits per heavy atom. The highest BCUT2D eigenvalue weighted by atomic mass is 16.5. The molecule has 106 valence electrons. The van der Waals surface area contributed by atoms with E-state index in [1.165, 1.54) is 0 Å². The molecule has 0 radical (unpaired) electrons. The number of hydrogen-bond donors (Lipinski definition) is 1. The largest absolute Gasteiger partial charge is 0.376 e. The smallest absolute Gasteiger partial charge is 0.253 e. The van der Waals surface area contributed by atoms with E-state index in [9.17, 15) is 4.79 Å². The van der Waals surface area contributed by atoms with Gasteiger partial charge in [-0.05, 0) is 38.3 Å². The van der Waals surface area contributed by atoms with Crippen LogP contribution < -0.4 is 5.32 Å². The van der Waals surface area contributed by atoms with E-state index >= 15 is 0 Å². The van der Waals surface area contributed by atoms with Crippen molar-refractivity contribution in [3.63, 3.8) is 0 Å². The van der Waals surface area contributed by atoms with Gasteiger partial charge in [-0.25, -0.2) is 4.98 Å². The van der Waals surface area contributed by atoms with Crippen LogP contribution in [0.4, 0.5) is 0 Å². The highest BCUT2D eigenvalue weighted by Crippen LogP contribution is 2.22. The number of nitrogens with one attached hydrogen (secondary N) is 1. The topological polar surface area (TPSA) is 55.6 Å². The zero-order valence-corrected chi connectivity index (χ0v) is 11.6. The number of ether oxygens (including phenoxy) is 1.